The highest BCUT2D eigenvalue weighted by molar-refractivity contribution is 9.10. The normalized spacial score (nSPS) is 10.6. The maximum atomic E-state index is 13.0. The van der Waals surface area contributed by atoms with Gasteiger partial charge in [-0.3, -0.25) is 14.6 Å². The zero-order chi connectivity index (χ0) is 19.2. The minimum Gasteiger partial charge on any atom is -0.332 e. The molecular formula is C21H20BrN3O2. The fraction of sp³-hybridized carbons (Fsp3) is 0.190. The molecule has 2 heterocycles. The van der Waals surface area contributed by atoms with Gasteiger partial charge in [0.25, 0.3) is 5.56 Å². The molecule has 0 atom stereocenters. The number of aryl methyl sites for hydroxylation is 1. The summed E-state index contributed by atoms with van der Waals surface area (Å²) in [6, 6.07) is 14.9. The number of benzene rings is 1. The summed E-state index contributed by atoms with van der Waals surface area (Å²) < 4.78 is 2.17. The lowest BCUT2D eigenvalue weighted by atomic mass is 10.1. The van der Waals surface area contributed by atoms with Crippen LogP contribution in [0.1, 0.15) is 16.7 Å². The highest BCUT2D eigenvalue weighted by atomic mass is 79.9. The molecule has 3 aromatic rings. The fourth-order valence-corrected chi connectivity index (χ4v) is 3.19. The van der Waals surface area contributed by atoms with E-state index in [1.165, 1.54) is 10.6 Å². The third kappa shape index (κ3) is 5.14. The Morgan fingerprint density at radius 2 is 1.93 bits per heavy atom. The number of rotatable bonds is 6. The van der Waals surface area contributed by atoms with Gasteiger partial charge >= 0.3 is 0 Å². The van der Waals surface area contributed by atoms with Gasteiger partial charge in [-0.15, -0.1) is 0 Å². The predicted molar refractivity (Wildman–Crippen MR) is 108 cm³/mol. The zero-order valence-corrected chi connectivity index (χ0v) is 16.6. The van der Waals surface area contributed by atoms with E-state index >= 15 is 0 Å². The van der Waals surface area contributed by atoms with Gasteiger partial charge in [0.15, 0.2) is 0 Å². The van der Waals surface area contributed by atoms with Gasteiger partial charge in [-0.1, -0.05) is 30.3 Å². The summed E-state index contributed by atoms with van der Waals surface area (Å²) in [4.78, 5) is 31.0. The number of carbonyl (C=O) groups is 1. The van der Waals surface area contributed by atoms with E-state index in [4.69, 9.17) is 0 Å². The van der Waals surface area contributed by atoms with Crippen molar-refractivity contribution < 1.29 is 4.79 Å². The van der Waals surface area contributed by atoms with Gasteiger partial charge < -0.3 is 9.47 Å². The summed E-state index contributed by atoms with van der Waals surface area (Å²) in [5, 5.41) is 0. The van der Waals surface area contributed by atoms with Gasteiger partial charge in [0.05, 0.1) is 0 Å². The third-order valence-corrected chi connectivity index (χ3v) is 4.79. The Balaban J connectivity index is 1.86. The molecule has 138 valence electrons. The first kappa shape index (κ1) is 19.0. The van der Waals surface area contributed by atoms with Crippen LogP contribution in [0.25, 0.3) is 0 Å². The molecular weight excluding hydrogens is 406 g/mol. The topological polar surface area (TPSA) is 55.2 Å². The second kappa shape index (κ2) is 8.77. The van der Waals surface area contributed by atoms with Gasteiger partial charge in [-0.25, -0.2) is 0 Å². The molecule has 3 rings (SSSR count). The van der Waals surface area contributed by atoms with Crippen LogP contribution in [0.2, 0.25) is 0 Å². The number of pyridine rings is 2. The Bertz CT molecular complexity index is 986. The van der Waals surface area contributed by atoms with Crippen LogP contribution in [0.4, 0.5) is 0 Å². The molecule has 0 spiro atoms. The molecule has 5 nitrogen and oxygen atoms in total. The first-order valence-electron chi connectivity index (χ1n) is 8.60. The number of hydrogen-bond acceptors (Lipinski definition) is 3. The summed E-state index contributed by atoms with van der Waals surface area (Å²) in [5.41, 5.74) is 2.95. The van der Waals surface area contributed by atoms with Gasteiger partial charge in [-0.2, -0.15) is 0 Å². The SMILES string of the molecule is Cc1ccccc1CN(Cc1cccnc1)C(=O)Cn1cc(Br)ccc1=O. The average Bonchev–Trinajstić information content (AvgIpc) is 2.66. The molecule has 0 aliphatic carbocycles. The summed E-state index contributed by atoms with van der Waals surface area (Å²) in [6.45, 7) is 2.93. The van der Waals surface area contributed by atoms with E-state index in [0.29, 0.717) is 13.1 Å². The Kier molecular flexibility index (Phi) is 6.19. The summed E-state index contributed by atoms with van der Waals surface area (Å²) in [7, 11) is 0. The molecule has 27 heavy (non-hydrogen) atoms. The van der Waals surface area contributed by atoms with Crippen LogP contribution in [-0.4, -0.2) is 20.4 Å². The number of halogens is 1. The minimum absolute atomic E-state index is 0.00951. The Hall–Kier alpha value is -2.73. The highest BCUT2D eigenvalue weighted by Gasteiger charge is 2.17. The quantitative estimate of drug-likeness (QED) is 0.606. The second-order valence-corrected chi connectivity index (χ2v) is 7.27. The van der Waals surface area contributed by atoms with Crippen LogP contribution in [0.5, 0.6) is 0 Å². The number of nitrogens with zero attached hydrogens (tertiary/aromatic N) is 3. The minimum atomic E-state index is -0.205. The second-order valence-electron chi connectivity index (χ2n) is 6.35. The monoisotopic (exact) mass is 425 g/mol. The molecule has 0 aliphatic rings. The molecule has 0 bridgehead atoms. The van der Waals surface area contributed by atoms with Gasteiger partial charge in [-0.05, 0) is 51.7 Å². The van der Waals surface area contributed by atoms with Gasteiger partial charge in [0.1, 0.15) is 6.54 Å². The van der Waals surface area contributed by atoms with E-state index < -0.39 is 0 Å². The van der Waals surface area contributed by atoms with E-state index in [0.717, 1.165) is 21.2 Å². The molecule has 1 aromatic carbocycles. The van der Waals surface area contributed by atoms with E-state index in [2.05, 4.69) is 20.9 Å². The van der Waals surface area contributed by atoms with Crippen molar-refractivity contribution in [1.29, 1.82) is 0 Å². The largest absolute Gasteiger partial charge is 0.332 e. The van der Waals surface area contributed by atoms with Crippen molar-refractivity contribution in [3.8, 4) is 0 Å². The lowest BCUT2D eigenvalue weighted by molar-refractivity contribution is -0.133. The molecule has 0 unspecified atom stereocenters. The molecule has 0 N–H and O–H groups in total. The molecule has 0 aliphatic heterocycles. The van der Waals surface area contributed by atoms with Crippen LogP contribution in [0.3, 0.4) is 0 Å². The van der Waals surface area contributed by atoms with Crippen molar-refractivity contribution in [2.75, 3.05) is 0 Å². The molecule has 2 aromatic heterocycles. The Morgan fingerprint density at radius 3 is 2.67 bits per heavy atom. The molecule has 1 amide bonds. The number of amides is 1. The van der Waals surface area contributed by atoms with Crippen LogP contribution >= 0.6 is 15.9 Å². The molecule has 6 heteroatoms. The maximum absolute atomic E-state index is 13.0. The van der Waals surface area contributed by atoms with Gasteiger partial charge in [0, 0.05) is 42.2 Å². The smallest absolute Gasteiger partial charge is 0.251 e. The van der Waals surface area contributed by atoms with Crippen molar-refractivity contribution in [3.05, 3.63) is 98.6 Å². The zero-order valence-electron chi connectivity index (χ0n) is 15.0. The predicted octanol–water partition coefficient (Wildman–Crippen LogP) is 3.54. The highest BCUT2D eigenvalue weighted by Crippen LogP contribution is 2.14. The van der Waals surface area contributed by atoms with Crippen molar-refractivity contribution >= 4 is 21.8 Å². The summed E-state index contributed by atoms with van der Waals surface area (Å²) >= 11 is 3.35. The molecule has 0 radical (unpaired) electrons. The van der Waals surface area contributed by atoms with E-state index in [1.807, 2.05) is 43.3 Å². The molecule has 0 saturated carbocycles. The van der Waals surface area contributed by atoms with Crippen LogP contribution in [0, 0.1) is 6.92 Å². The third-order valence-electron chi connectivity index (χ3n) is 4.32. The van der Waals surface area contributed by atoms with Gasteiger partial charge in [0.2, 0.25) is 5.91 Å². The molecule has 0 fully saturated rings. The first-order valence-corrected chi connectivity index (χ1v) is 9.39. The summed E-state index contributed by atoms with van der Waals surface area (Å²) in [6.07, 6.45) is 5.09. The average molecular weight is 426 g/mol. The van der Waals surface area contributed by atoms with Crippen molar-refractivity contribution in [2.45, 2.75) is 26.6 Å². The lowest BCUT2D eigenvalue weighted by Gasteiger charge is -2.24. The number of aromatic nitrogens is 2. The van der Waals surface area contributed by atoms with Crippen LogP contribution in [0.15, 0.2) is 76.4 Å². The van der Waals surface area contributed by atoms with Crippen molar-refractivity contribution in [2.24, 2.45) is 0 Å². The first-order chi connectivity index (χ1) is 13.0. The number of carbonyl (C=O) groups excluding carboxylic acids is 1. The van der Waals surface area contributed by atoms with E-state index in [1.54, 1.807) is 29.6 Å². The Labute approximate surface area is 166 Å². The van der Waals surface area contributed by atoms with Crippen LogP contribution in [-0.2, 0) is 24.4 Å². The van der Waals surface area contributed by atoms with E-state index in [-0.39, 0.29) is 18.0 Å². The number of hydrogen-bond donors (Lipinski definition) is 0. The van der Waals surface area contributed by atoms with E-state index in [9.17, 15) is 9.59 Å². The molecule has 0 saturated heterocycles. The fourth-order valence-electron chi connectivity index (χ4n) is 2.81. The van der Waals surface area contributed by atoms with Crippen molar-refractivity contribution in [3.63, 3.8) is 0 Å². The maximum Gasteiger partial charge on any atom is 0.251 e. The Morgan fingerprint density at radius 1 is 1.11 bits per heavy atom. The van der Waals surface area contributed by atoms with Crippen LogP contribution < -0.4 is 5.56 Å². The van der Waals surface area contributed by atoms with Crippen molar-refractivity contribution in [1.82, 2.24) is 14.5 Å². The lowest BCUT2D eigenvalue weighted by Crippen LogP contribution is -2.35. The standard InChI is InChI=1S/C21H20BrN3O2/c1-16-5-2-3-7-18(16)13-24(12-17-6-4-10-23-11-17)21(27)15-25-14-19(22)8-9-20(25)26/h2-11,14H,12-13,15H2,1H3. The summed E-state index contributed by atoms with van der Waals surface area (Å²) in [5.74, 6) is -0.123.